The normalized spacial score (nSPS) is 27.4. The number of primary amides is 1. The Morgan fingerprint density at radius 3 is 2.84 bits per heavy atom. The number of likely N-dealkylation sites (N-methyl/N-ethyl adjacent to an activating group) is 1. The minimum absolute atomic E-state index is 0.100. The molecule has 0 spiro atoms. The molecule has 0 radical (unpaired) electrons. The van der Waals surface area contributed by atoms with Crippen molar-refractivity contribution >= 4 is 5.91 Å². The van der Waals surface area contributed by atoms with E-state index >= 15 is 0 Å². The van der Waals surface area contributed by atoms with Crippen LogP contribution in [0, 0.1) is 0 Å². The van der Waals surface area contributed by atoms with Gasteiger partial charge in [0.25, 0.3) is 0 Å². The molecule has 19 heavy (non-hydrogen) atoms. The zero-order chi connectivity index (χ0) is 14.1. The van der Waals surface area contributed by atoms with Crippen LogP contribution in [0.15, 0.2) is 0 Å². The molecule has 5 heteroatoms. The number of hydrogen-bond acceptors (Lipinski definition) is 4. The second-order valence-electron chi connectivity index (χ2n) is 5.25. The molecule has 1 aliphatic rings. The SMILES string of the molecule is CCCCOCCOC1CCCC(NC)(C(N)=O)C1. The lowest BCUT2D eigenvalue weighted by atomic mass is 9.79. The molecule has 0 bridgehead atoms. The van der Waals surface area contributed by atoms with Crippen LogP contribution in [0.5, 0.6) is 0 Å². The van der Waals surface area contributed by atoms with Gasteiger partial charge in [-0.05, 0) is 32.7 Å². The predicted octanol–water partition coefficient (Wildman–Crippen LogP) is 1.21. The number of hydrogen-bond donors (Lipinski definition) is 2. The van der Waals surface area contributed by atoms with Gasteiger partial charge in [0.1, 0.15) is 0 Å². The monoisotopic (exact) mass is 272 g/mol. The third-order valence-electron chi connectivity index (χ3n) is 3.88. The minimum atomic E-state index is -0.591. The van der Waals surface area contributed by atoms with E-state index in [2.05, 4.69) is 12.2 Å². The Hall–Kier alpha value is -0.650. The molecule has 0 saturated heterocycles. The Kier molecular flexibility index (Phi) is 7.34. The fourth-order valence-electron chi connectivity index (χ4n) is 2.56. The van der Waals surface area contributed by atoms with Crippen LogP contribution in [-0.2, 0) is 14.3 Å². The minimum Gasteiger partial charge on any atom is -0.379 e. The van der Waals surface area contributed by atoms with Crippen molar-refractivity contribution in [2.45, 2.75) is 57.1 Å². The maximum atomic E-state index is 11.6. The molecule has 1 amide bonds. The lowest BCUT2D eigenvalue weighted by Crippen LogP contribution is -2.57. The predicted molar refractivity (Wildman–Crippen MR) is 74.9 cm³/mol. The van der Waals surface area contributed by atoms with Crippen molar-refractivity contribution in [2.75, 3.05) is 26.9 Å². The Morgan fingerprint density at radius 2 is 2.21 bits per heavy atom. The molecule has 3 N–H and O–H groups in total. The summed E-state index contributed by atoms with van der Waals surface area (Å²) in [5, 5.41) is 3.08. The van der Waals surface area contributed by atoms with E-state index in [4.69, 9.17) is 15.2 Å². The van der Waals surface area contributed by atoms with Crippen LogP contribution in [0.4, 0.5) is 0 Å². The van der Waals surface area contributed by atoms with Crippen molar-refractivity contribution < 1.29 is 14.3 Å². The molecule has 0 aromatic heterocycles. The highest BCUT2D eigenvalue weighted by molar-refractivity contribution is 5.84. The molecular weight excluding hydrogens is 244 g/mol. The summed E-state index contributed by atoms with van der Waals surface area (Å²) in [5.74, 6) is -0.275. The van der Waals surface area contributed by atoms with Gasteiger partial charge in [0.15, 0.2) is 0 Å². The van der Waals surface area contributed by atoms with Gasteiger partial charge in [-0.15, -0.1) is 0 Å². The summed E-state index contributed by atoms with van der Waals surface area (Å²) in [6.07, 6.45) is 5.75. The first-order chi connectivity index (χ1) is 9.14. The summed E-state index contributed by atoms with van der Waals surface area (Å²) in [4.78, 5) is 11.6. The molecule has 1 fully saturated rings. The lowest BCUT2D eigenvalue weighted by molar-refractivity contribution is -0.128. The zero-order valence-corrected chi connectivity index (χ0v) is 12.2. The van der Waals surface area contributed by atoms with E-state index in [0.29, 0.717) is 19.6 Å². The first-order valence-corrected chi connectivity index (χ1v) is 7.33. The molecule has 1 rings (SSSR count). The maximum absolute atomic E-state index is 11.6. The molecule has 0 aliphatic heterocycles. The largest absolute Gasteiger partial charge is 0.379 e. The van der Waals surface area contributed by atoms with Gasteiger partial charge < -0.3 is 20.5 Å². The fraction of sp³-hybridized carbons (Fsp3) is 0.929. The van der Waals surface area contributed by atoms with Crippen LogP contribution in [-0.4, -0.2) is 44.4 Å². The average Bonchev–Trinajstić information content (AvgIpc) is 2.42. The molecule has 1 aliphatic carbocycles. The number of ether oxygens (including phenoxy) is 2. The standard InChI is InChI=1S/C14H28N2O3/c1-3-4-8-18-9-10-19-12-6-5-7-14(11-12,16-2)13(15)17/h12,16H,3-11H2,1-2H3,(H2,15,17). The molecular formula is C14H28N2O3. The number of nitrogens with one attached hydrogen (secondary N) is 1. The highest BCUT2D eigenvalue weighted by Crippen LogP contribution is 2.29. The summed E-state index contributed by atoms with van der Waals surface area (Å²) in [5.41, 5.74) is 4.91. The Bertz CT molecular complexity index is 273. The highest BCUT2D eigenvalue weighted by Gasteiger charge is 2.40. The van der Waals surface area contributed by atoms with Gasteiger partial charge in [0.05, 0.1) is 24.9 Å². The van der Waals surface area contributed by atoms with Crippen LogP contribution in [0.3, 0.4) is 0 Å². The second-order valence-corrected chi connectivity index (χ2v) is 5.25. The van der Waals surface area contributed by atoms with Crippen LogP contribution >= 0.6 is 0 Å². The summed E-state index contributed by atoms with van der Waals surface area (Å²) >= 11 is 0. The summed E-state index contributed by atoms with van der Waals surface area (Å²) in [7, 11) is 1.79. The van der Waals surface area contributed by atoms with Gasteiger partial charge in [0, 0.05) is 13.0 Å². The van der Waals surface area contributed by atoms with E-state index < -0.39 is 5.54 Å². The zero-order valence-electron chi connectivity index (χ0n) is 12.2. The van der Waals surface area contributed by atoms with E-state index in [1.165, 1.54) is 0 Å². The molecule has 0 aromatic rings. The second kappa shape index (κ2) is 8.51. The van der Waals surface area contributed by atoms with Crippen molar-refractivity contribution in [2.24, 2.45) is 5.73 Å². The van der Waals surface area contributed by atoms with E-state index in [1.807, 2.05) is 0 Å². The van der Waals surface area contributed by atoms with Crippen molar-refractivity contribution in [3.05, 3.63) is 0 Å². The average molecular weight is 272 g/mol. The lowest BCUT2D eigenvalue weighted by Gasteiger charge is -2.38. The van der Waals surface area contributed by atoms with Gasteiger partial charge in [-0.25, -0.2) is 0 Å². The molecule has 0 heterocycles. The first-order valence-electron chi connectivity index (χ1n) is 7.33. The number of nitrogens with two attached hydrogens (primary N) is 1. The third-order valence-corrected chi connectivity index (χ3v) is 3.88. The molecule has 0 aromatic carbocycles. The van der Waals surface area contributed by atoms with E-state index in [1.54, 1.807) is 7.05 Å². The third kappa shape index (κ3) is 5.09. The fourth-order valence-corrected chi connectivity index (χ4v) is 2.56. The summed E-state index contributed by atoms with van der Waals surface area (Å²) in [6, 6.07) is 0. The molecule has 5 nitrogen and oxygen atoms in total. The van der Waals surface area contributed by atoms with Crippen molar-refractivity contribution in [3.8, 4) is 0 Å². The Balaban J connectivity index is 2.25. The highest BCUT2D eigenvalue weighted by atomic mass is 16.5. The molecule has 2 unspecified atom stereocenters. The quantitative estimate of drug-likeness (QED) is 0.619. The van der Waals surface area contributed by atoms with Crippen molar-refractivity contribution in [1.82, 2.24) is 5.32 Å². The van der Waals surface area contributed by atoms with Gasteiger partial charge in [0.2, 0.25) is 5.91 Å². The Morgan fingerprint density at radius 1 is 1.42 bits per heavy atom. The van der Waals surface area contributed by atoms with Gasteiger partial charge in [-0.2, -0.15) is 0 Å². The van der Waals surface area contributed by atoms with Gasteiger partial charge in [-0.1, -0.05) is 13.3 Å². The molecule has 112 valence electrons. The Labute approximate surface area is 116 Å². The van der Waals surface area contributed by atoms with Crippen molar-refractivity contribution in [1.29, 1.82) is 0 Å². The van der Waals surface area contributed by atoms with E-state index in [9.17, 15) is 4.79 Å². The number of carbonyl (C=O) groups is 1. The van der Waals surface area contributed by atoms with Gasteiger partial charge >= 0.3 is 0 Å². The number of unbranched alkanes of at least 4 members (excludes halogenated alkanes) is 1. The number of amides is 1. The van der Waals surface area contributed by atoms with Gasteiger partial charge in [-0.3, -0.25) is 4.79 Å². The van der Waals surface area contributed by atoms with Crippen molar-refractivity contribution in [3.63, 3.8) is 0 Å². The number of carbonyl (C=O) groups excluding carboxylic acids is 1. The van der Waals surface area contributed by atoms with Crippen LogP contribution in [0.1, 0.15) is 45.4 Å². The summed E-state index contributed by atoms with van der Waals surface area (Å²) < 4.78 is 11.3. The van der Waals surface area contributed by atoms with E-state index in [0.717, 1.165) is 38.7 Å². The molecule has 1 saturated carbocycles. The first kappa shape index (κ1) is 16.4. The molecule has 2 atom stereocenters. The van der Waals surface area contributed by atoms with Crippen LogP contribution in [0.25, 0.3) is 0 Å². The van der Waals surface area contributed by atoms with Crippen LogP contribution in [0.2, 0.25) is 0 Å². The topological polar surface area (TPSA) is 73.6 Å². The summed E-state index contributed by atoms with van der Waals surface area (Å²) in [6.45, 7) is 4.15. The van der Waals surface area contributed by atoms with E-state index in [-0.39, 0.29) is 12.0 Å². The smallest absolute Gasteiger partial charge is 0.237 e. The maximum Gasteiger partial charge on any atom is 0.237 e. The number of rotatable bonds is 9. The van der Waals surface area contributed by atoms with Crippen LogP contribution < -0.4 is 11.1 Å².